The zero-order valence-corrected chi connectivity index (χ0v) is 13.9. The van der Waals surface area contributed by atoms with E-state index < -0.39 is 0 Å². The van der Waals surface area contributed by atoms with E-state index in [1.165, 1.54) is 0 Å². The molecule has 1 amide bonds. The van der Waals surface area contributed by atoms with Gasteiger partial charge >= 0.3 is 0 Å². The number of amides is 1. The molecule has 0 aliphatic carbocycles. The second-order valence-corrected chi connectivity index (χ2v) is 5.51. The summed E-state index contributed by atoms with van der Waals surface area (Å²) in [5, 5.41) is 4.91. The van der Waals surface area contributed by atoms with Crippen LogP contribution < -0.4 is 25.0 Å². The quantitative estimate of drug-likeness (QED) is 0.489. The van der Waals surface area contributed by atoms with Crippen LogP contribution in [0.5, 0.6) is 11.5 Å². The van der Waals surface area contributed by atoms with Crippen molar-refractivity contribution in [2.45, 2.75) is 0 Å². The second-order valence-electron chi connectivity index (χ2n) is 5.51. The Balaban J connectivity index is 1.71. The standard InChI is InChI=1S/C16H25N3O4/c1-21-13-3-4-14(15(11-13)22-2)18-16(20)12-17-5-6-19-7-9-23-10-8-19/h3-4,11,17H,5-10,12H2,1-2H3,(H,18,20)/p+2. The molecule has 0 bridgehead atoms. The maximum absolute atomic E-state index is 12.0. The Hall–Kier alpha value is -1.83. The van der Waals surface area contributed by atoms with Gasteiger partial charge in [-0.1, -0.05) is 0 Å². The van der Waals surface area contributed by atoms with E-state index in [1.54, 1.807) is 37.3 Å². The molecule has 0 aromatic heterocycles. The molecule has 2 rings (SSSR count). The summed E-state index contributed by atoms with van der Waals surface area (Å²) in [4.78, 5) is 13.6. The van der Waals surface area contributed by atoms with Gasteiger partial charge in [0.05, 0.1) is 33.1 Å². The Morgan fingerprint density at radius 2 is 2.09 bits per heavy atom. The van der Waals surface area contributed by atoms with Crippen LogP contribution in [0.1, 0.15) is 0 Å². The van der Waals surface area contributed by atoms with E-state index >= 15 is 0 Å². The number of ether oxygens (including phenoxy) is 3. The monoisotopic (exact) mass is 325 g/mol. The molecule has 7 nitrogen and oxygen atoms in total. The molecule has 4 N–H and O–H groups in total. The fourth-order valence-corrected chi connectivity index (χ4v) is 2.55. The SMILES string of the molecule is COc1ccc(NC(=O)C[NH2+]CC[NH+]2CCOCC2)c(OC)c1. The van der Waals surface area contributed by atoms with E-state index in [0.29, 0.717) is 23.7 Å². The number of rotatable bonds is 8. The van der Waals surface area contributed by atoms with Crippen molar-refractivity contribution in [2.24, 2.45) is 0 Å². The number of nitrogens with one attached hydrogen (secondary N) is 2. The molecule has 1 heterocycles. The number of carbonyl (C=O) groups excluding carboxylic acids is 1. The molecular formula is C16H27N3O4+2. The van der Waals surface area contributed by atoms with Crippen LogP contribution in [0.15, 0.2) is 18.2 Å². The van der Waals surface area contributed by atoms with Crippen LogP contribution in [0.25, 0.3) is 0 Å². The number of nitrogens with two attached hydrogens (primary N) is 1. The number of anilines is 1. The topological polar surface area (TPSA) is 77.8 Å². The predicted molar refractivity (Wildman–Crippen MR) is 86.2 cm³/mol. The molecule has 1 fully saturated rings. The van der Waals surface area contributed by atoms with Crippen molar-refractivity contribution in [1.29, 1.82) is 0 Å². The van der Waals surface area contributed by atoms with Gasteiger partial charge < -0.3 is 29.7 Å². The summed E-state index contributed by atoms with van der Waals surface area (Å²) in [7, 11) is 3.17. The van der Waals surface area contributed by atoms with Gasteiger partial charge in [0.15, 0.2) is 6.54 Å². The van der Waals surface area contributed by atoms with Crippen LogP contribution in [0.3, 0.4) is 0 Å². The van der Waals surface area contributed by atoms with Gasteiger partial charge in [-0.2, -0.15) is 0 Å². The van der Waals surface area contributed by atoms with Gasteiger partial charge in [-0.15, -0.1) is 0 Å². The number of hydrogen-bond donors (Lipinski definition) is 3. The Morgan fingerprint density at radius 3 is 2.78 bits per heavy atom. The van der Waals surface area contributed by atoms with Crippen molar-refractivity contribution in [3.05, 3.63) is 18.2 Å². The summed E-state index contributed by atoms with van der Waals surface area (Å²) in [6, 6.07) is 5.33. The lowest BCUT2D eigenvalue weighted by atomic mass is 10.2. The predicted octanol–water partition coefficient (Wildman–Crippen LogP) is -1.88. The summed E-state index contributed by atoms with van der Waals surface area (Å²) in [5.74, 6) is 1.25. The Bertz CT molecular complexity index is 504. The van der Waals surface area contributed by atoms with Crippen molar-refractivity contribution in [3.63, 3.8) is 0 Å². The van der Waals surface area contributed by atoms with Gasteiger partial charge in [-0.3, -0.25) is 4.79 Å². The second kappa shape index (κ2) is 9.34. The van der Waals surface area contributed by atoms with Gasteiger partial charge in [0.2, 0.25) is 0 Å². The van der Waals surface area contributed by atoms with Crippen LogP contribution >= 0.6 is 0 Å². The van der Waals surface area contributed by atoms with Crippen molar-refractivity contribution in [1.82, 2.24) is 0 Å². The minimum Gasteiger partial charge on any atom is -0.497 e. The molecule has 128 valence electrons. The molecule has 1 aromatic rings. The van der Waals surface area contributed by atoms with Crippen LogP contribution in [0.2, 0.25) is 0 Å². The van der Waals surface area contributed by atoms with E-state index in [0.717, 1.165) is 39.4 Å². The van der Waals surface area contributed by atoms with E-state index in [-0.39, 0.29) is 5.91 Å². The van der Waals surface area contributed by atoms with Gasteiger partial charge in [-0.25, -0.2) is 0 Å². The van der Waals surface area contributed by atoms with Gasteiger partial charge in [0.1, 0.15) is 37.7 Å². The minimum atomic E-state index is -0.0366. The molecular weight excluding hydrogens is 298 g/mol. The third-order valence-corrected chi connectivity index (χ3v) is 3.91. The molecule has 1 saturated heterocycles. The van der Waals surface area contributed by atoms with E-state index in [2.05, 4.69) is 5.32 Å². The molecule has 0 radical (unpaired) electrons. The normalized spacial score (nSPS) is 15.2. The van der Waals surface area contributed by atoms with Gasteiger partial charge in [0, 0.05) is 6.07 Å². The molecule has 7 heteroatoms. The summed E-state index contributed by atoms with van der Waals surface area (Å²) in [6.45, 7) is 6.19. The summed E-state index contributed by atoms with van der Waals surface area (Å²) in [5.41, 5.74) is 0.658. The first-order valence-electron chi connectivity index (χ1n) is 7.97. The Labute approximate surface area is 136 Å². The Kier molecular flexibility index (Phi) is 7.12. The summed E-state index contributed by atoms with van der Waals surface area (Å²) < 4.78 is 15.8. The maximum Gasteiger partial charge on any atom is 0.279 e. The van der Waals surface area contributed by atoms with Crippen molar-refractivity contribution >= 4 is 11.6 Å². The average molecular weight is 325 g/mol. The number of benzene rings is 1. The third kappa shape index (κ3) is 5.70. The van der Waals surface area contributed by atoms with E-state index in [1.807, 2.05) is 5.32 Å². The molecule has 0 saturated carbocycles. The van der Waals surface area contributed by atoms with E-state index in [9.17, 15) is 4.79 Å². The fraction of sp³-hybridized carbons (Fsp3) is 0.562. The lowest BCUT2D eigenvalue weighted by molar-refractivity contribution is -0.919. The van der Waals surface area contributed by atoms with Crippen LogP contribution in [-0.2, 0) is 9.53 Å². The lowest BCUT2D eigenvalue weighted by Gasteiger charge is -2.22. The fourth-order valence-electron chi connectivity index (χ4n) is 2.55. The number of morpholine rings is 1. The highest BCUT2D eigenvalue weighted by atomic mass is 16.5. The smallest absolute Gasteiger partial charge is 0.279 e. The lowest BCUT2D eigenvalue weighted by Crippen LogP contribution is -3.16. The van der Waals surface area contributed by atoms with Crippen molar-refractivity contribution < 1.29 is 29.2 Å². The van der Waals surface area contributed by atoms with Crippen LogP contribution in [0.4, 0.5) is 5.69 Å². The highest BCUT2D eigenvalue weighted by Crippen LogP contribution is 2.28. The van der Waals surface area contributed by atoms with Gasteiger partial charge in [-0.05, 0) is 12.1 Å². The summed E-state index contributed by atoms with van der Waals surface area (Å²) >= 11 is 0. The van der Waals surface area contributed by atoms with Crippen molar-refractivity contribution in [3.8, 4) is 11.5 Å². The molecule has 0 spiro atoms. The minimum absolute atomic E-state index is 0.0366. The number of carbonyl (C=O) groups is 1. The summed E-state index contributed by atoms with van der Waals surface area (Å²) in [6.07, 6.45) is 0. The van der Waals surface area contributed by atoms with E-state index in [4.69, 9.17) is 14.2 Å². The highest BCUT2D eigenvalue weighted by molar-refractivity contribution is 5.93. The molecule has 23 heavy (non-hydrogen) atoms. The maximum atomic E-state index is 12.0. The number of hydrogen-bond acceptors (Lipinski definition) is 4. The largest absolute Gasteiger partial charge is 0.497 e. The molecule has 1 aliphatic heterocycles. The number of methoxy groups -OCH3 is 2. The Morgan fingerprint density at radius 1 is 1.30 bits per heavy atom. The third-order valence-electron chi connectivity index (χ3n) is 3.91. The van der Waals surface area contributed by atoms with Crippen LogP contribution in [0, 0.1) is 0 Å². The molecule has 0 atom stereocenters. The zero-order valence-electron chi connectivity index (χ0n) is 13.9. The highest BCUT2D eigenvalue weighted by Gasteiger charge is 2.14. The molecule has 1 aliphatic rings. The number of quaternary nitrogens is 2. The molecule has 0 unspecified atom stereocenters. The van der Waals surface area contributed by atoms with Gasteiger partial charge in [0.25, 0.3) is 5.91 Å². The average Bonchev–Trinajstić information content (AvgIpc) is 2.60. The molecule has 1 aromatic carbocycles. The first-order valence-corrected chi connectivity index (χ1v) is 7.97. The first-order chi connectivity index (χ1) is 11.2. The van der Waals surface area contributed by atoms with Crippen LogP contribution in [-0.4, -0.2) is 66.1 Å². The van der Waals surface area contributed by atoms with Crippen molar-refractivity contribution in [2.75, 3.05) is 65.5 Å². The zero-order chi connectivity index (χ0) is 16.5. The first kappa shape index (κ1) is 17.5.